The molecule has 16 heavy (non-hydrogen) atoms. The van der Waals surface area contributed by atoms with Crippen LogP contribution in [0.5, 0.6) is 0 Å². The van der Waals surface area contributed by atoms with Crippen LogP contribution in [0, 0.1) is 5.92 Å². The first-order valence-corrected chi connectivity index (χ1v) is 6.03. The molecular weight excluding hydrogens is 218 g/mol. The molecule has 1 saturated heterocycles. The van der Waals surface area contributed by atoms with Gasteiger partial charge in [-0.3, -0.25) is 9.88 Å². The number of pyridine rings is 1. The van der Waals surface area contributed by atoms with Gasteiger partial charge in [-0.05, 0) is 30.5 Å². The molecule has 0 aromatic carbocycles. The van der Waals surface area contributed by atoms with E-state index in [-0.39, 0.29) is 0 Å². The molecular formula is C12H17N3S. The van der Waals surface area contributed by atoms with Gasteiger partial charge in [0.25, 0.3) is 0 Å². The Morgan fingerprint density at radius 3 is 3.12 bits per heavy atom. The topological polar surface area (TPSA) is 42.2 Å². The normalized spacial score (nSPS) is 21.2. The van der Waals surface area contributed by atoms with E-state index in [0.717, 1.165) is 36.8 Å². The van der Waals surface area contributed by atoms with Crippen molar-refractivity contribution in [1.29, 1.82) is 0 Å². The number of rotatable bonds is 3. The quantitative estimate of drug-likeness (QED) is 0.807. The minimum Gasteiger partial charge on any atom is -0.388 e. The molecule has 0 bridgehead atoms. The molecule has 0 aliphatic carbocycles. The molecule has 0 amide bonds. The summed E-state index contributed by atoms with van der Waals surface area (Å²) in [6.45, 7) is 5.51. The van der Waals surface area contributed by atoms with Gasteiger partial charge in [0.1, 0.15) is 10.7 Å². The first-order valence-electron chi connectivity index (χ1n) is 5.63. The lowest BCUT2D eigenvalue weighted by molar-refractivity contribution is 0.320. The van der Waals surface area contributed by atoms with Gasteiger partial charge in [-0.1, -0.05) is 25.2 Å². The van der Waals surface area contributed by atoms with E-state index in [9.17, 15) is 0 Å². The molecule has 2 N–H and O–H groups in total. The Kier molecular flexibility index (Phi) is 3.51. The second kappa shape index (κ2) is 4.89. The molecule has 1 aliphatic rings. The summed E-state index contributed by atoms with van der Waals surface area (Å²) >= 11 is 5.01. The van der Waals surface area contributed by atoms with E-state index >= 15 is 0 Å². The van der Waals surface area contributed by atoms with Crippen LogP contribution in [-0.2, 0) is 6.54 Å². The van der Waals surface area contributed by atoms with Gasteiger partial charge < -0.3 is 5.73 Å². The fraction of sp³-hybridized carbons (Fsp3) is 0.500. The van der Waals surface area contributed by atoms with Crippen LogP contribution in [0.2, 0.25) is 0 Å². The van der Waals surface area contributed by atoms with Crippen molar-refractivity contribution in [1.82, 2.24) is 9.88 Å². The van der Waals surface area contributed by atoms with Gasteiger partial charge in [0.05, 0.1) is 0 Å². The summed E-state index contributed by atoms with van der Waals surface area (Å²) in [6.07, 6.45) is 3.02. The van der Waals surface area contributed by atoms with Gasteiger partial charge in [-0.2, -0.15) is 0 Å². The molecule has 2 heterocycles. The molecule has 0 radical (unpaired) electrons. The van der Waals surface area contributed by atoms with E-state index in [1.54, 1.807) is 6.20 Å². The average Bonchev–Trinajstić information content (AvgIpc) is 2.64. The molecule has 0 saturated carbocycles. The molecule has 3 nitrogen and oxygen atoms in total. The highest BCUT2D eigenvalue weighted by atomic mass is 32.1. The fourth-order valence-corrected chi connectivity index (χ4v) is 2.38. The number of nitrogens with two attached hydrogens (primary N) is 1. The van der Waals surface area contributed by atoms with Crippen LogP contribution in [0.15, 0.2) is 18.3 Å². The Morgan fingerprint density at radius 1 is 1.69 bits per heavy atom. The summed E-state index contributed by atoms with van der Waals surface area (Å²) in [6, 6.07) is 4.00. The lowest BCUT2D eigenvalue weighted by Crippen LogP contribution is -2.23. The lowest BCUT2D eigenvalue weighted by Gasteiger charge is -2.16. The number of hydrogen-bond donors (Lipinski definition) is 1. The molecule has 0 spiro atoms. The summed E-state index contributed by atoms with van der Waals surface area (Å²) in [4.78, 5) is 7.07. The van der Waals surface area contributed by atoms with E-state index in [1.165, 1.54) is 6.42 Å². The van der Waals surface area contributed by atoms with Crippen LogP contribution in [0.4, 0.5) is 0 Å². The van der Waals surface area contributed by atoms with Crippen molar-refractivity contribution in [3.05, 3.63) is 29.6 Å². The molecule has 1 aliphatic heterocycles. The molecule has 1 atom stereocenters. The van der Waals surface area contributed by atoms with Crippen molar-refractivity contribution in [3.8, 4) is 0 Å². The average molecular weight is 235 g/mol. The lowest BCUT2D eigenvalue weighted by atomic mass is 10.1. The minimum absolute atomic E-state index is 0.392. The summed E-state index contributed by atoms with van der Waals surface area (Å²) in [7, 11) is 0. The second-order valence-electron chi connectivity index (χ2n) is 4.50. The molecule has 1 fully saturated rings. The Labute approximate surface area is 102 Å². The van der Waals surface area contributed by atoms with Crippen LogP contribution in [0.25, 0.3) is 0 Å². The van der Waals surface area contributed by atoms with E-state index in [0.29, 0.717) is 4.99 Å². The summed E-state index contributed by atoms with van der Waals surface area (Å²) in [5, 5.41) is 0. The second-order valence-corrected chi connectivity index (χ2v) is 4.94. The SMILES string of the molecule is CC1CCN(Cc2cccnc2C(N)=S)C1. The predicted octanol–water partition coefficient (Wildman–Crippen LogP) is 1.56. The number of likely N-dealkylation sites (tertiary alicyclic amines) is 1. The highest BCUT2D eigenvalue weighted by molar-refractivity contribution is 7.80. The van der Waals surface area contributed by atoms with Gasteiger partial charge in [0.2, 0.25) is 0 Å². The molecule has 86 valence electrons. The molecule has 2 rings (SSSR count). The van der Waals surface area contributed by atoms with Crippen molar-refractivity contribution in [2.24, 2.45) is 11.7 Å². The van der Waals surface area contributed by atoms with Gasteiger partial charge in [0.15, 0.2) is 0 Å². The summed E-state index contributed by atoms with van der Waals surface area (Å²) in [5.41, 5.74) is 7.58. The largest absolute Gasteiger partial charge is 0.388 e. The molecule has 1 aromatic heterocycles. The van der Waals surface area contributed by atoms with Crippen molar-refractivity contribution in [2.45, 2.75) is 19.9 Å². The van der Waals surface area contributed by atoms with Crippen LogP contribution in [-0.4, -0.2) is 28.0 Å². The van der Waals surface area contributed by atoms with Crippen LogP contribution in [0.1, 0.15) is 24.6 Å². The zero-order chi connectivity index (χ0) is 11.5. The fourth-order valence-electron chi connectivity index (χ4n) is 2.20. The zero-order valence-corrected chi connectivity index (χ0v) is 10.3. The van der Waals surface area contributed by atoms with Crippen molar-refractivity contribution in [2.75, 3.05) is 13.1 Å². The number of thiocarbonyl (C=S) groups is 1. The van der Waals surface area contributed by atoms with Crippen molar-refractivity contribution < 1.29 is 0 Å². The third-order valence-electron chi connectivity index (χ3n) is 3.03. The Balaban J connectivity index is 2.12. The van der Waals surface area contributed by atoms with Crippen molar-refractivity contribution in [3.63, 3.8) is 0 Å². The maximum absolute atomic E-state index is 5.67. The summed E-state index contributed by atoms with van der Waals surface area (Å²) < 4.78 is 0. The number of nitrogens with zero attached hydrogens (tertiary/aromatic N) is 2. The Bertz CT molecular complexity index is 392. The third-order valence-corrected chi connectivity index (χ3v) is 3.22. The monoisotopic (exact) mass is 235 g/mol. The van der Waals surface area contributed by atoms with E-state index in [4.69, 9.17) is 18.0 Å². The van der Waals surface area contributed by atoms with Gasteiger partial charge in [0, 0.05) is 19.3 Å². The maximum atomic E-state index is 5.67. The number of hydrogen-bond acceptors (Lipinski definition) is 3. The maximum Gasteiger partial charge on any atom is 0.123 e. The van der Waals surface area contributed by atoms with Crippen LogP contribution in [0.3, 0.4) is 0 Å². The van der Waals surface area contributed by atoms with Gasteiger partial charge in [-0.25, -0.2) is 0 Å². The Morgan fingerprint density at radius 2 is 2.50 bits per heavy atom. The first kappa shape index (κ1) is 11.5. The third kappa shape index (κ3) is 2.57. The van der Waals surface area contributed by atoms with E-state index in [1.807, 2.05) is 6.07 Å². The minimum atomic E-state index is 0.392. The smallest absolute Gasteiger partial charge is 0.123 e. The number of aromatic nitrogens is 1. The van der Waals surface area contributed by atoms with E-state index < -0.39 is 0 Å². The summed E-state index contributed by atoms with van der Waals surface area (Å²) in [5.74, 6) is 0.796. The van der Waals surface area contributed by atoms with Crippen molar-refractivity contribution >= 4 is 17.2 Å². The zero-order valence-electron chi connectivity index (χ0n) is 9.52. The highest BCUT2D eigenvalue weighted by Gasteiger charge is 2.19. The molecule has 4 heteroatoms. The Hall–Kier alpha value is -1.00. The van der Waals surface area contributed by atoms with Crippen LogP contribution < -0.4 is 5.73 Å². The van der Waals surface area contributed by atoms with Crippen LogP contribution >= 0.6 is 12.2 Å². The highest BCUT2D eigenvalue weighted by Crippen LogP contribution is 2.18. The first-order chi connectivity index (χ1) is 7.66. The van der Waals surface area contributed by atoms with E-state index in [2.05, 4.69) is 22.9 Å². The van der Waals surface area contributed by atoms with Gasteiger partial charge in [-0.15, -0.1) is 0 Å². The predicted molar refractivity (Wildman–Crippen MR) is 69.2 cm³/mol. The molecule has 1 unspecified atom stereocenters. The van der Waals surface area contributed by atoms with Gasteiger partial charge >= 0.3 is 0 Å². The molecule has 1 aromatic rings. The standard InChI is InChI=1S/C12H17N3S/c1-9-4-6-15(7-9)8-10-3-2-5-14-11(10)12(13)16/h2-3,5,9H,4,6-8H2,1H3,(H2,13,16).